The fraction of sp³-hybridized carbons (Fsp3) is 0.600. The van der Waals surface area contributed by atoms with E-state index >= 15 is 0 Å². The summed E-state index contributed by atoms with van der Waals surface area (Å²) in [5, 5.41) is 3.42. The first-order chi connectivity index (χ1) is 9.31. The number of benzene rings is 1. The van der Waals surface area contributed by atoms with Crippen LogP contribution in [0, 0.1) is 0 Å². The van der Waals surface area contributed by atoms with Crippen LogP contribution in [0.5, 0.6) is 5.75 Å². The summed E-state index contributed by atoms with van der Waals surface area (Å²) in [6.45, 7) is 6.83. The monoisotopic (exact) mass is 264 g/mol. The van der Waals surface area contributed by atoms with Gasteiger partial charge in [-0.1, -0.05) is 12.1 Å². The van der Waals surface area contributed by atoms with E-state index in [1.807, 2.05) is 19.1 Å². The average Bonchev–Trinajstić information content (AvgIpc) is 2.74. The van der Waals surface area contributed by atoms with Gasteiger partial charge in [-0.3, -0.25) is 0 Å². The van der Waals surface area contributed by atoms with E-state index < -0.39 is 0 Å². The maximum atomic E-state index is 5.90. The molecule has 0 aromatic heterocycles. The molecule has 1 fully saturated rings. The van der Waals surface area contributed by atoms with E-state index in [9.17, 15) is 0 Å². The Morgan fingerprint density at radius 1 is 1.26 bits per heavy atom. The minimum Gasteiger partial charge on any atom is -0.489 e. The van der Waals surface area contributed by atoms with Gasteiger partial charge >= 0.3 is 0 Å². The molecule has 1 atom stereocenters. The third-order valence-corrected chi connectivity index (χ3v) is 3.42. The van der Waals surface area contributed by atoms with Crippen LogP contribution in [-0.2, 0) is 4.74 Å². The van der Waals surface area contributed by atoms with E-state index in [2.05, 4.69) is 22.3 Å². The molecular formula is C15H24N2O2. The molecule has 0 spiro atoms. The smallest absolute Gasteiger partial charge is 0.142 e. The van der Waals surface area contributed by atoms with E-state index in [0.717, 1.165) is 31.9 Å². The largest absolute Gasteiger partial charge is 0.489 e. The second-order valence-corrected chi connectivity index (χ2v) is 4.92. The fourth-order valence-corrected chi connectivity index (χ4v) is 2.20. The molecule has 4 heteroatoms. The SMILES string of the molecule is COC(C)COc1ccccc1N1CCCNCC1. The Labute approximate surface area is 115 Å². The van der Waals surface area contributed by atoms with Crippen molar-refractivity contribution in [1.82, 2.24) is 5.32 Å². The third kappa shape index (κ3) is 4.11. The lowest BCUT2D eigenvalue weighted by Crippen LogP contribution is -2.28. The summed E-state index contributed by atoms with van der Waals surface area (Å²) < 4.78 is 11.1. The number of ether oxygens (including phenoxy) is 2. The molecule has 4 nitrogen and oxygen atoms in total. The van der Waals surface area contributed by atoms with E-state index in [1.54, 1.807) is 7.11 Å². The third-order valence-electron chi connectivity index (χ3n) is 3.42. The molecule has 2 rings (SSSR count). The lowest BCUT2D eigenvalue weighted by atomic mass is 10.2. The molecule has 0 aliphatic carbocycles. The van der Waals surface area contributed by atoms with Crippen molar-refractivity contribution < 1.29 is 9.47 Å². The molecule has 1 aliphatic heterocycles. The van der Waals surface area contributed by atoms with E-state index in [4.69, 9.17) is 9.47 Å². The second-order valence-electron chi connectivity index (χ2n) is 4.92. The predicted octanol–water partition coefficient (Wildman–Crippen LogP) is 1.90. The number of anilines is 1. The quantitative estimate of drug-likeness (QED) is 0.880. The normalized spacial score (nSPS) is 17.9. The minimum atomic E-state index is 0.110. The number of nitrogens with one attached hydrogen (secondary N) is 1. The zero-order chi connectivity index (χ0) is 13.5. The van der Waals surface area contributed by atoms with Crippen LogP contribution in [0.1, 0.15) is 13.3 Å². The molecule has 106 valence electrons. The lowest BCUT2D eigenvalue weighted by molar-refractivity contribution is 0.0718. The molecule has 1 aliphatic rings. The molecule has 1 saturated heterocycles. The van der Waals surface area contributed by atoms with Gasteiger partial charge in [0.25, 0.3) is 0 Å². The Hall–Kier alpha value is -1.26. The lowest BCUT2D eigenvalue weighted by Gasteiger charge is -2.25. The van der Waals surface area contributed by atoms with E-state index in [0.29, 0.717) is 6.61 Å². The van der Waals surface area contributed by atoms with Crippen molar-refractivity contribution >= 4 is 5.69 Å². The summed E-state index contributed by atoms with van der Waals surface area (Å²) in [6, 6.07) is 8.26. The first-order valence-electron chi connectivity index (χ1n) is 7.01. The molecule has 0 bridgehead atoms. The van der Waals surface area contributed by atoms with Crippen molar-refractivity contribution in [2.24, 2.45) is 0 Å². The van der Waals surface area contributed by atoms with Crippen LogP contribution >= 0.6 is 0 Å². The Bertz CT molecular complexity index is 376. The standard InChI is InChI=1S/C15H24N2O2/c1-13(18-2)12-19-15-7-4-3-6-14(15)17-10-5-8-16-9-11-17/h3-4,6-7,13,16H,5,8-12H2,1-2H3. The first kappa shape index (κ1) is 14.2. The van der Waals surface area contributed by atoms with Crippen LogP contribution in [0.3, 0.4) is 0 Å². The molecule has 0 amide bonds. The fourth-order valence-electron chi connectivity index (χ4n) is 2.20. The van der Waals surface area contributed by atoms with Gasteiger partial charge in [-0.2, -0.15) is 0 Å². The molecule has 0 saturated carbocycles. The molecule has 1 aromatic carbocycles. The van der Waals surface area contributed by atoms with Crippen molar-refractivity contribution in [1.29, 1.82) is 0 Å². The van der Waals surface area contributed by atoms with Gasteiger partial charge in [0.05, 0.1) is 11.8 Å². The first-order valence-corrected chi connectivity index (χ1v) is 7.01. The number of rotatable bonds is 5. The highest BCUT2D eigenvalue weighted by molar-refractivity contribution is 5.58. The van der Waals surface area contributed by atoms with Gasteiger partial charge in [0.2, 0.25) is 0 Å². The Kier molecular flexibility index (Phi) is 5.48. The molecule has 0 radical (unpaired) electrons. The Morgan fingerprint density at radius 3 is 2.95 bits per heavy atom. The van der Waals surface area contributed by atoms with Crippen molar-refractivity contribution in [3.05, 3.63) is 24.3 Å². The van der Waals surface area contributed by atoms with Crippen molar-refractivity contribution in [2.75, 3.05) is 44.8 Å². The highest BCUT2D eigenvalue weighted by Gasteiger charge is 2.14. The van der Waals surface area contributed by atoms with Crippen molar-refractivity contribution in [3.8, 4) is 5.75 Å². The molecule has 1 unspecified atom stereocenters. The molecule has 19 heavy (non-hydrogen) atoms. The number of hydrogen-bond acceptors (Lipinski definition) is 4. The molecule has 1 heterocycles. The summed E-state index contributed by atoms with van der Waals surface area (Å²) in [6.07, 6.45) is 1.28. The van der Waals surface area contributed by atoms with Crippen molar-refractivity contribution in [2.45, 2.75) is 19.4 Å². The Morgan fingerprint density at radius 2 is 2.11 bits per heavy atom. The summed E-state index contributed by atoms with van der Waals surface area (Å²) >= 11 is 0. The van der Waals surface area contributed by atoms with Gasteiger partial charge in [-0.25, -0.2) is 0 Å². The van der Waals surface area contributed by atoms with Gasteiger partial charge in [-0.15, -0.1) is 0 Å². The number of para-hydroxylation sites is 2. The zero-order valence-corrected chi connectivity index (χ0v) is 11.9. The van der Waals surface area contributed by atoms with Crippen LogP contribution in [0.2, 0.25) is 0 Å². The highest BCUT2D eigenvalue weighted by atomic mass is 16.5. The highest BCUT2D eigenvalue weighted by Crippen LogP contribution is 2.28. The molecule has 1 N–H and O–H groups in total. The van der Waals surface area contributed by atoms with Gasteiger partial charge in [0, 0.05) is 26.7 Å². The predicted molar refractivity (Wildman–Crippen MR) is 78.1 cm³/mol. The maximum Gasteiger partial charge on any atom is 0.142 e. The van der Waals surface area contributed by atoms with E-state index in [1.165, 1.54) is 12.1 Å². The summed E-state index contributed by atoms with van der Waals surface area (Å²) in [4.78, 5) is 2.40. The van der Waals surface area contributed by atoms with E-state index in [-0.39, 0.29) is 6.10 Å². The van der Waals surface area contributed by atoms with Crippen LogP contribution in [-0.4, -0.2) is 46.0 Å². The number of hydrogen-bond donors (Lipinski definition) is 1. The Balaban J connectivity index is 2.06. The number of methoxy groups -OCH3 is 1. The van der Waals surface area contributed by atoms with Crippen LogP contribution in [0.4, 0.5) is 5.69 Å². The average molecular weight is 264 g/mol. The minimum absolute atomic E-state index is 0.110. The van der Waals surface area contributed by atoms with Crippen molar-refractivity contribution in [3.63, 3.8) is 0 Å². The van der Waals surface area contributed by atoms with Crippen LogP contribution in [0.15, 0.2) is 24.3 Å². The summed E-state index contributed by atoms with van der Waals surface area (Å²) in [7, 11) is 1.71. The number of nitrogens with zero attached hydrogens (tertiary/aromatic N) is 1. The van der Waals surface area contributed by atoms with Gasteiger partial charge in [-0.05, 0) is 32.0 Å². The molecule has 1 aromatic rings. The molecular weight excluding hydrogens is 240 g/mol. The second kappa shape index (κ2) is 7.36. The maximum absolute atomic E-state index is 5.90. The summed E-state index contributed by atoms with van der Waals surface area (Å²) in [5.74, 6) is 0.952. The summed E-state index contributed by atoms with van der Waals surface area (Å²) in [5.41, 5.74) is 1.19. The zero-order valence-electron chi connectivity index (χ0n) is 11.9. The van der Waals surface area contributed by atoms with Gasteiger partial charge in [0.15, 0.2) is 0 Å². The van der Waals surface area contributed by atoms with Gasteiger partial charge < -0.3 is 19.7 Å². The van der Waals surface area contributed by atoms with Crippen LogP contribution < -0.4 is 15.0 Å². The van der Waals surface area contributed by atoms with Gasteiger partial charge in [0.1, 0.15) is 12.4 Å². The van der Waals surface area contributed by atoms with Crippen LogP contribution in [0.25, 0.3) is 0 Å². The topological polar surface area (TPSA) is 33.7 Å².